The van der Waals surface area contributed by atoms with E-state index in [1.165, 1.54) is 15.8 Å². The Hall–Kier alpha value is -2.80. The Morgan fingerprint density at radius 2 is 1.89 bits per heavy atom. The van der Waals surface area contributed by atoms with Crippen molar-refractivity contribution in [1.82, 2.24) is 9.88 Å². The van der Waals surface area contributed by atoms with Crippen LogP contribution in [-0.2, 0) is 0 Å². The molecule has 146 valence electrons. The predicted octanol–water partition coefficient (Wildman–Crippen LogP) is 4.28. The summed E-state index contributed by atoms with van der Waals surface area (Å²) in [5.74, 6) is 0.662. The van der Waals surface area contributed by atoms with Gasteiger partial charge in [-0.3, -0.25) is 0 Å². The van der Waals surface area contributed by atoms with E-state index in [9.17, 15) is 4.79 Å². The average molecular weight is 397 g/mol. The first-order valence-corrected chi connectivity index (χ1v) is 10.2. The molecule has 1 fully saturated rings. The summed E-state index contributed by atoms with van der Waals surface area (Å²) >= 11 is 1.73. The fourth-order valence-corrected chi connectivity index (χ4v) is 4.73. The van der Waals surface area contributed by atoms with E-state index in [0.717, 1.165) is 23.7 Å². The molecular weight excluding hydrogens is 372 g/mol. The molecule has 6 nitrogen and oxygen atoms in total. The van der Waals surface area contributed by atoms with Gasteiger partial charge in [0, 0.05) is 26.2 Å². The number of thiazole rings is 1. The highest BCUT2D eigenvalue weighted by Crippen LogP contribution is 2.32. The summed E-state index contributed by atoms with van der Waals surface area (Å²) in [5.41, 5.74) is 4.25. The lowest BCUT2D eigenvalue weighted by molar-refractivity contribution is 0.208. The normalized spacial score (nSPS) is 14.4. The monoisotopic (exact) mass is 396 g/mol. The lowest BCUT2D eigenvalue weighted by atomic mass is 10.1. The quantitative estimate of drug-likeness (QED) is 0.718. The first-order chi connectivity index (χ1) is 13.5. The molecule has 2 amide bonds. The number of nitrogens with zero attached hydrogens (tertiary/aromatic N) is 3. The van der Waals surface area contributed by atoms with Gasteiger partial charge < -0.3 is 19.9 Å². The van der Waals surface area contributed by atoms with Crippen LogP contribution in [0.2, 0.25) is 0 Å². The fourth-order valence-electron chi connectivity index (χ4n) is 3.54. The maximum absolute atomic E-state index is 12.6. The van der Waals surface area contributed by atoms with Crippen LogP contribution in [0, 0.1) is 13.8 Å². The molecule has 1 aliphatic rings. The van der Waals surface area contributed by atoms with E-state index in [4.69, 9.17) is 9.72 Å². The van der Waals surface area contributed by atoms with Gasteiger partial charge in [0.1, 0.15) is 5.75 Å². The molecule has 4 rings (SSSR count). The van der Waals surface area contributed by atoms with Crippen LogP contribution in [0.4, 0.5) is 15.6 Å². The summed E-state index contributed by atoms with van der Waals surface area (Å²) in [5, 5.41) is 3.99. The molecule has 0 unspecified atom stereocenters. The molecule has 3 aromatic rings. The molecule has 2 heterocycles. The number of hydrogen-bond donors (Lipinski definition) is 1. The van der Waals surface area contributed by atoms with E-state index in [0.29, 0.717) is 24.5 Å². The molecule has 0 atom stereocenters. The second kappa shape index (κ2) is 7.67. The van der Waals surface area contributed by atoms with Gasteiger partial charge in [0.25, 0.3) is 0 Å². The number of ether oxygens (including phenoxy) is 1. The number of benzene rings is 2. The Morgan fingerprint density at radius 1 is 1.14 bits per heavy atom. The third kappa shape index (κ3) is 3.62. The van der Waals surface area contributed by atoms with Crippen molar-refractivity contribution in [1.29, 1.82) is 0 Å². The number of carbonyl (C=O) groups is 1. The Balaban J connectivity index is 1.42. The van der Waals surface area contributed by atoms with Crippen LogP contribution in [0.15, 0.2) is 36.4 Å². The number of aryl methyl sites for hydroxylation is 2. The second-order valence-corrected chi connectivity index (χ2v) is 8.04. The summed E-state index contributed by atoms with van der Waals surface area (Å²) < 4.78 is 6.53. The summed E-state index contributed by atoms with van der Waals surface area (Å²) in [7, 11) is 1.60. The number of fused-ring (bicyclic) bond motifs is 1. The van der Waals surface area contributed by atoms with Crippen molar-refractivity contribution in [2.24, 2.45) is 0 Å². The number of urea groups is 1. The smallest absolute Gasteiger partial charge is 0.322 e. The Morgan fingerprint density at radius 3 is 2.64 bits per heavy atom. The number of rotatable bonds is 3. The molecule has 2 aromatic carbocycles. The van der Waals surface area contributed by atoms with Crippen LogP contribution in [0.1, 0.15) is 11.1 Å². The molecule has 0 radical (unpaired) electrons. The first kappa shape index (κ1) is 18.6. The number of aromatic nitrogens is 1. The van der Waals surface area contributed by atoms with Crippen LogP contribution in [0.3, 0.4) is 0 Å². The molecule has 0 saturated carbocycles. The van der Waals surface area contributed by atoms with Gasteiger partial charge in [-0.2, -0.15) is 0 Å². The molecule has 1 saturated heterocycles. The number of carbonyl (C=O) groups excluding carboxylic acids is 1. The predicted molar refractivity (Wildman–Crippen MR) is 115 cm³/mol. The van der Waals surface area contributed by atoms with Gasteiger partial charge in [-0.1, -0.05) is 29.5 Å². The summed E-state index contributed by atoms with van der Waals surface area (Å²) in [6.07, 6.45) is 0. The van der Waals surface area contributed by atoms with Gasteiger partial charge in [-0.25, -0.2) is 9.78 Å². The molecule has 0 aliphatic carbocycles. The van der Waals surface area contributed by atoms with Gasteiger partial charge in [0.2, 0.25) is 0 Å². The highest BCUT2D eigenvalue weighted by Gasteiger charge is 2.24. The van der Waals surface area contributed by atoms with E-state index in [1.807, 2.05) is 29.2 Å². The van der Waals surface area contributed by atoms with Crippen LogP contribution < -0.4 is 15.0 Å². The molecule has 1 aliphatic heterocycles. The van der Waals surface area contributed by atoms with Crippen molar-refractivity contribution in [3.63, 3.8) is 0 Å². The standard InChI is InChI=1S/C21H24N4O2S/c1-14-12-15(2)19-18(13-14)28-21(23-19)25-10-8-24(9-11-25)20(26)22-16-6-4-5-7-17(16)27-3/h4-7,12-13H,8-11H2,1-3H3,(H,22,26). The summed E-state index contributed by atoms with van der Waals surface area (Å²) in [6.45, 7) is 7.10. The second-order valence-electron chi connectivity index (χ2n) is 7.03. The van der Waals surface area contributed by atoms with E-state index < -0.39 is 0 Å². The zero-order valence-corrected chi connectivity index (χ0v) is 17.2. The molecule has 1 N–H and O–H groups in total. The number of amides is 2. The minimum atomic E-state index is -0.0973. The third-order valence-electron chi connectivity index (χ3n) is 5.00. The van der Waals surface area contributed by atoms with Crippen molar-refractivity contribution in [2.45, 2.75) is 13.8 Å². The average Bonchev–Trinajstić information content (AvgIpc) is 3.13. The number of nitrogens with one attached hydrogen (secondary N) is 1. The van der Waals surface area contributed by atoms with Crippen LogP contribution in [-0.4, -0.2) is 49.2 Å². The van der Waals surface area contributed by atoms with Crippen molar-refractivity contribution in [3.8, 4) is 5.75 Å². The number of piperazine rings is 1. The number of para-hydroxylation sites is 2. The molecule has 0 bridgehead atoms. The van der Waals surface area contributed by atoms with Crippen molar-refractivity contribution < 1.29 is 9.53 Å². The molecule has 7 heteroatoms. The minimum Gasteiger partial charge on any atom is -0.495 e. The van der Waals surface area contributed by atoms with Crippen LogP contribution in [0.25, 0.3) is 10.2 Å². The largest absolute Gasteiger partial charge is 0.495 e. The zero-order valence-electron chi connectivity index (χ0n) is 16.4. The Bertz CT molecular complexity index is 1010. The molecule has 28 heavy (non-hydrogen) atoms. The van der Waals surface area contributed by atoms with Crippen LogP contribution >= 0.6 is 11.3 Å². The van der Waals surface area contributed by atoms with Crippen LogP contribution in [0.5, 0.6) is 5.75 Å². The van der Waals surface area contributed by atoms with Gasteiger partial charge in [0.15, 0.2) is 5.13 Å². The number of anilines is 2. The maximum Gasteiger partial charge on any atom is 0.322 e. The highest BCUT2D eigenvalue weighted by atomic mass is 32.1. The summed E-state index contributed by atoms with van der Waals surface area (Å²) in [4.78, 5) is 21.6. The molecule has 0 spiro atoms. The van der Waals surface area contributed by atoms with Gasteiger partial charge >= 0.3 is 6.03 Å². The SMILES string of the molecule is COc1ccccc1NC(=O)N1CCN(c2nc3c(C)cc(C)cc3s2)CC1. The van der Waals surface area contributed by atoms with E-state index in [-0.39, 0.29) is 6.03 Å². The third-order valence-corrected chi connectivity index (χ3v) is 6.07. The van der Waals surface area contributed by atoms with E-state index in [1.54, 1.807) is 18.4 Å². The Kier molecular flexibility index (Phi) is 5.09. The van der Waals surface area contributed by atoms with E-state index in [2.05, 4.69) is 36.2 Å². The topological polar surface area (TPSA) is 57.7 Å². The van der Waals surface area contributed by atoms with Gasteiger partial charge in [-0.15, -0.1) is 0 Å². The van der Waals surface area contributed by atoms with E-state index >= 15 is 0 Å². The van der Waals surface area contributed by atoms with Gasteiger partial charge in [-0.05, 0) is 43.2 Å². The van der Waals surface area contributed by atoms with Gasteiger partial charge in [0.05, 0.1) is 23.0 Å². The van der Waals surface area contributed by atoms with Crippen molar-refractivity contribution in [2.75, 3.05) is 43.5 Å². The number of methoxy groups -OCH3 is 1. The summed E-state index contributed by atoms with van der Waals surface area (Å²) in [6, 6.07) is 11.7. The highest BCUT2D eigenvalue weighted by molar-refractivity contribution is 7.22. The maximum atomic E-state index is 12.6. The lowest BCUT2D eigenvalue weighted by Gasteiger charge is -2.34. The fraction of sp³-hybridized carbons (Fsp3) is 0.333. The number of hydrogen-bond acceptors (Lipinski definition) is 5. The lowest BCUT2D eigenvalue weighted by Crippen LogP contribution is -2.50. The zero-order chi connectivity index (χ0) is 19.7. The van der Waals surface area contributed by atoms with Crippen molar-refractivity contribution in [3.05, 3.63) is 47.5 Å². The molecule has 1 aromatic heterocycles. The Labute approximate surface area is 168 Å². The molecular formula is C21H24N4O2S. The van der Waals surface area contributed by atoms with Crippen molar-refractivity contribution >= 4 is 38.4 Å². The first-order valence-electron chi connectivity index (χ1n) is 9.37. The minimum absolute atomic E-state index is 0.0973.